The van der Waals surface area contributed by atoms with E-state index in [9.17, 15) is 0 Å². The van der Waals surface area contributed by atoms with Crippen LogP contribution in [0.1, 0.15) is 78.8 Å². The first kappa shape index (κ1) is 21.4. The van der Waals surface area contributed by atoms with Gasteiger partial charge in [0.25, 0.3) is 0 Å². The van der Waals surface area contributed by atoms with Gasteiger partial charge in [-0.25, -0.2) is 0 Å². The molecule has 1 unspecified atom stereocenters. The first-order valence-corrected chi connectivity index (χ1v) is 17.9. The van der Waals surface area contributed by atoms with E-state index in [0.29, 0.717) is 9.54 Å². The standard InChI is InChI=1S/C24H29.2ClH.Zr/c1-5-9-18-15-20-14-13-19(10-6-2)24(23(20)16-18)22-12-8-7-11-21(22)17(3)4;;;/h7-8,11-17H,5-6,9-10H2,1-4H3;2*1H;/q;;;+2/p-2. The van der Waals surface area contributed by atoms with E-state index in [2.05, 4.69) is 70.2 Å². The van der Waals surface area contributed by atoms with Gasteiger partial charge in [-0.3, -0.25) is 0 Å². The molecule has 1 aliphatic carbocycles. The first-order valence-electron chi connectivity index (χ1n) is 10.1. The zero-order chi connectivity index (χ0) is 19.6. The molecular weight excluding hydrogens is 450 g/mol. The third-order valence-electron chi connectivity index (χ3n) is 5.51. The third-order valence-corrected chi connectivity index (χ3v) is 10.8. The fraction of sp³-hybridized carbons (Fsp3) is 0.417. The van der Waals surface area contributed by atoms with Crippen molar-refractivity contribution in [2.75, 3.05) is 0 Å². The summed E-state index contributed by atoms with van der Waals surface area (Å²) in [5, 5.41) is 0. The molecule has 0 saturated carbocycles. The molecule has 0 spiro atoms. The van der Waals surface area contributed by atoms with Gasteiger partial charge in [0, 0.05) is 0 Å². The number of aryl methyl sites for hydroxylation is 1. The molecule has 0 radical (unpaired) electrons. The number of allylic oxidation sites excluding steroid dienone is 1. The van der Waals surface area contributed by atoms with Gasteiger partial charge in [-0.1, -0.05) is 0 Å². The van der Waals surface area contributed by atoms with E-state index < -0.39 is 19.4 Å². The maximum atomic E-state index is 6.64. The summed E-state index contributed by atoms with van der Waals surface area (Å²) in [5.74, 6) is 0.495. The average molecular weight is 480 g/mol. The predicted molar refractivity (Wildman–Crippen MR) is 117 cm³/mol. The van der Waals surface area contributed by atoms with Crippen molar-refractivity contribution in [2.45, 2.75) is 62.9 Å². The Kier molecular flexibility index (Phi) is 7.46. The van der Waals surface area contributed by atoms with E-state index in [1.807, 2.05) is 0 Å². The number of rotatable bonds is 7. The topological polar surface area (TPSA) is 0 Å². The summed E-state index contributed by atoms with van der Waals surface area (Å²) in [4.78, 5) is 0. The van der Waals surface area contributed by atoms with Crippen LogP contribution in [0.5, 0.6) is 0 Å². The number of hydrogen-bond donors (Lipinski definition) is 0. The second kappa shape index (κ2) is 9.43. The molecule has 3 rings (SSSR count). The second-order valence-electron chi connectivity index (χ2n) is 7.79. The molecule has 0 N–H and O–H groups in total. The molecule has 0 bridgehead atoms. The molecule has 3 heteroatoms. The summed E-state index contributed by atoms with van der Waals surface area (Å²) in [6, 6.07) is 13.6. The number of fused-ring (bicyclic) bond motifs is 1. The molecule has 1 aliphatic rings. The van der Waals surface area contributed by atoms with Gasteiger partial charge in [-0.15, -0.1) is 0 Å². The fourth-order valence-corrected chi connectivity index (χ4v) is 9.84. The zero-order valence-corrected chi connectivity index (χ0v) is 20.8. The Bertz CT molecular complexity index is 836. The summed E-state index contributed by atoms with van der Waals surface area (Å²) in [6.07, 6.45) is 6.92. The van der Waals surface area contributed by atoms with Crippen LogP contribution < -0.4 is 0 Å². The van der Waals surface area contributed by atoms with E-state index in [1.165, 1.54) is 39.0 Å². The molecule has 2 aromatic carbocycles. The zero-order valence-electron chi connectivity index (χ0n) is 16.8. The summed E-state index contributed by atoms with van der Waals surface area (Å²) in [5.41, 5.74) is 9.92. The van der Waals surface area contributed by atoms with Gasteiger partial charge in [0.05, 0.1) is 0 Å². The molecule has 2 aromatic rings. The summed E-state index contributed by atoms with van der Waals surface area (Å²) < 4.78 is 0.311. The molecule has 143 valence electrons. The van der Waals surface area contributed by atoms with E-state index in [-0.39, 0.29) is 0 Å². The van der Waals surface area contributed by atoms with Gasteiger partial charge in [0.2, 0.25) is 0 Å². The molecule has 0 saturated heterocycles. The van der Waals surface area contributed by atoms with Gasteiger partial charge in [-0.05, 0) is 0 Å². The Morgan fingerprint density at radius 1 is 0.963 bits per heavy atom. The minimum absolute atomic E-state index is 0.311. The van der Waals surface area contributed by atoms with Crippen molar-refractivity contribution in [3.63, 3.8) is 0 Å². The Morgan fingerprint density at radius 3 is 2.30 bits per heavy atom. The predicted octanol–water partition coefficient (Wildman–Crippen LogP) is 8.59. The molecule has 0 heterocycles. The summed E-state index contributed by atoms with van der Waals surface area (Å²) >= 11 is -2.45. The normalized spacial score (nSPS) is 15.8. The van der Waals surface area contributed by atoms with Gasteiger partial charge in [0.1, 0.15) is 0 Å². The van der Waals surface area contributed by atoms with Crippen molar-refractivity contribution < 1.29 is 19.4 Å². The van der Waals surface area contributed by atoms with E-state index >= 15 is 0 Å². The molecule has 0 aromatic heterocycles. The molecule has 0 amide bonds. The number of hydrogen-bond acceptors (Lipinski definition) is 0. The van der Waals surface area contributed by atoms with Crippen LogP contribution in [0.3, 0.4) is 0 Å². The van der Waals surface area contributed by atoms with E-state index in [0.717, 1.165) is 25.7 Å². The third kappa shape index (κ3) is 4.31. The van der Waals surface area contributed by atoms with E-state index in [1.54, 1.807) is 0 Å². The van der Waals surface area contributed by atoms with Gasteiger partial charge < -0.3 is 0 Å². The Labute approximate surface area is 179 Å². The van der Waals surface area contributed by atoms with Crippen LogP contribution in [0.2, 0.25) is 0 Å². The SMILES string of the molecule is CCCC1=Cc2c(ccc(CCC)c2-c2ccccc2C(C)C)[CH]1[Zr]([Cl])[Cl]. The number of benzene rings is 2. The summed E-state index contributed by atoms with van der Waals surface area (Å²) in [6.45, 7) is 9.07. The van der Waals surface area contributed by atoms with Crippen molar-refractivity contribution in [3.8, 4) is 11.1 Å². The van der Waals surface area contributed by atoms with Gasteiger partial charge >= 0.3 is 181 Å². The minimum atomic E-state index is -2.45. The van der Waals surface area contributed by atoms with Crippen LogP contribution in [0.25, 0.3) is 17.2 Å². The molecule has 0 fully saturated rings. The summed E-state index contributed by atoms with van der Waals surface area (Å²) in [7, 11) is 13.3. The second-order valence-corrected chi connectivity index (χ2v) is 16.6. The van der Waals surface area contributed by atoms with Crippen molar-refractivity contribution in [3.05, 3.63) is 64.2 Å². The van der Waals surface area contributed by atoms with Crippen LogP contribution in [-0.4, -0.2) is 0 Å². The van der Waals surface area contributed by atoms with Gasteiger partial charge in [-0.2, -0.15) is 0 Å². The number of halogens is 2. The van der Waals surface area contributed by atoms with Crippen LogP contribution in [-0.2, 0) is 25.8 Å². The Balaban J connectivity index is 2.29. The molecule has 0 aliphatic heterocycles. The van der Waals surface area contributed by atoms with Crippen molar-refractivity contribution in [1.82, 2.24) is 0 Å². The van der Waals surface area contributed by atoms with Gasteiger partial charge in [0.15, 0.2) is 0 Å². The average Bonchev–Trinajstić information content (AvgIpc) is 3.00. The Hall–Kier alpha value is -0.357. The molecule has 27 heavy (non-hydrogen) atoms. The van der Waals surface area contributed by atoms with Crippen LogP contribution >= 0.6 is 17.0 Å². The first-order chi connectivity index (χ1) is 13.0. The molecule has 1 atom stereocenters. The van der Waals surface area contributed by atoms with Crippen LogP contribution in [0.4, 0.5) is 0 Å². The quantitative estimate of drug-likeness (QED) is 0.373. The van der Waals surface area contributed by atoms with Crippen molar-refractivity contribution >= 4 is 23.1 Å². The fourth-order valence-electron chi connectivity index (χ4n) is 4.34. The van der Waals surface area contributed by atoms with Crippen molar-refractivity contribution in [2.24, 2.45) is 0 Å². The molecular formula is C24H29Cl2Zr. The van der Waals surface area contributed by atoms with Crippen molar-refractivity contribution in [1.29, 1.82) is 0 Å². The monoisotopic (exact) mass is 477 g/mol. The Morgan fingerprint density at radius 2 is 1.67 bits per heavy atom. The van der Waals surface area contributed by atoms with Crippen LogP contribution in [0.15, 0.2) is 42.0 Å². The van der Waals surface area contributed by atoms with E-state index in [4.69, 9.17) is 17.0 Å². The van der Waals surface area contributed by atoms with Crippen LogP contribution in [0, 0.1) is 0 Å². The molecule has 0 nitrogen and oxygen atoms in total. The maximum absolute atomic E-state index is 6.64.